The minimum Gasteiger partial charge on any atom is -0.478 e. The first-order valence-electron chi connectivity index (χ1n) is 7.28. The first-order valence-corrected chi connectivity index (χ1v) is 7.28. The first kappa shape index (κ1) is 15.5. The molecule has 1 aliphatic heterocycles. The Morgan fingerprint density at radius 3 is 2.67 bits per heavy atom. The second-order valence-electron chi connectivity index (χ2n) is 5.37. The summed E-state index contributed by atoms with van der Waals surface area (Å²) in [6.45, 7) is 2.41. The number of hydrogen-bond acceptors (Lipinski definition) is 8. The van der Waals surface area contributed by atoms with Crippen molar-refractivity contribution < 1.29 is 9.90 Å². The van der Waals surface area contributed by atoms with Crippen molar-refractivity contribution in [1.29, 1.82) is 0 Å². The van der Waals surface area contributed by atoms with E-state index in [4.69, 9.17) is 16.6 Å². The minimum absolute atomic E-state index is 0.0583. The van der Waals surface area contributed by atoms with Crippen LogP contribution in [-0.4, -0.2) is 39.3 Å². The van der Waals surface area contributed by atoms with Crippen molar-refractivity contribution in [1.82, 2.24) is 9.97 Å². The van der Waals surface area contributed by atoms with Crippen molar-refractivity contribution >= 4 is 40.6 Å². The molecule has 2 aromatic rings. The standard InChI is InChI=1S/C15H17N7O2/c1-7-10(6-18-9-4-2-8(3-5-9)14(23)24)20-11-12(16)21-15(17)22-13(11)19-7/h2-5,7,18H,6H2,1H3,(H,23,24)(H5,16,17,19,21,22). The normalized spacial score (nSPS) is 15.9. The lowest BCUT2D eigenvalue weighted by molar-refractivity contribution is 0.0697. The summed E-state index contributed by atoms with van der Waals surface area (Å²) in [5.41, 5.74) is 13.8. The number of hydrogen-bond donors (Lipinski definition) is 5. The topological polar surface area (TPSA) is 152 Å². The Hall–Kier alpha value is -3.36. The van der Waals surface area contributed by atoms with E-state index < -0.39 is 5.97 Å². The molecule has 9 heteroatoms. The molecular formula is C15H17N7O2. The second-order valence-corrected chi connectivity index (χ2v) is 5.37. The number of nitrogens with zero attached hydrogens (tertiary/aromatic N) is 3. The Morgan fingerprint density at radius 2 is 2.00 bits per heavy atom. The maximum atomic E-state index is 10.9. The predicted octanol–water partition coefficient (Wildman–Crippen LogP) is 1.34. The summed E-state index contributed by atoms with van der Waals surface area (Å²) in [5.74, 6) is -0.120. The number of nitrogens with two attached hydrogens (primary N) is 2. The molecule has 0 fully saturated rings. The molecule has 1 atom stereocenters. The highest BCUT2D eigenvalue weighted by atomic mass is 16.4. The van der Waals surface area contributed by atoms with Gasteiger partial charge in [0.1, 0.15) is 5.69 Å². The Labute approximate surface area is 137 Å². The number of anilines is 4. The van der Waals surface area contributed by atoms with Gasteiger partial charge in [0.05, 0.1) is 23.9 Å². The molecule has 124 valence electrons. The van der Waals surface area contributed by atoms with E-state index in [1.54, 1.807) is 24.3 Å². The fourth-order valence-electron chi connectivity index (χ4n) is 2.35. The van der Waals surface area contributed by atoms with Crippen molar-refractivity contribution in [2.24, 2.45) is 4.99 Å². The van der Waals surface area contributed by atoms with Gasteiger partial charge >= 0.3 is 5.97 Å². The average molecular weight is 327 g/mol. The Morgan fingerprint density at radius 1 is 1.29 bits per heavy atom. The molecule has 24 heavy (non-hydrogen) atoms. The van der Waals surface area contributed by atoms with E-state index in [0.717, 1.165) is 11.4 Å². The highest BCUT2D eigenvalue weighted by Crippen LogP contribution is 2.33. The zero-order valence-corrected chi connectivity index (χ0v) is 12.9. The molecule has 3 rings (SSSR count). The van der Waals surface area contributed by atoms with Gasteiger partial charge < -0.3 is 27.2 Å². The Kier molecular flexibility index (Phi) is 3.90. The van der Waals surface area contributed by atoms with Crippen LogP contribution >= 0.6 is 0 Å². The molecule has 1 aromatic heterocycles. The van der Waals surface area contributed by atoms with Crippen LogP contribution in [0.25, 0.3) is 0 Å². The summed E-state index contributed by atoms with van der Waals surface area (Å²) in [6, 6.07) is 6.43. The van der Waals surface area contributed by atoms with E-state index in [0.29, 0.717) is 18.1 Å². The molecule has 9 nitrogen and oxygen atoms in total. The molecule has 1 unspecified atom stereocenters. The largest absolute Gasteiger partial charge is 0.478 e. The van der Waals surface area contributed by atoms with E-state index in [2.05, 4.69) is 25.6 Å². The highest BCUT2D eigenvalue weighted by Gasteiger charge is 2.22. The van der Waals surface area contributed by atoms with Crippen molar-refractivity contribution in [3.05, 3.63) is 29.8 Å². The number of aromatic carboxylic acids is 1. The molecule has 0 aliphatic carbocycles. The molecule has 0 bridgehead atoms. The third-order valence-electron chi connectivity index (χ3n) is 3.64. The molecule has 2 heterocycles. The fraction of sp³-hybridized carbons (Fsp3) is 0.200. The predicted molar refractivity (Wildman–Crippen MR) is 92.9 cm³/mol. The van der Waals surface area contributed by atoms with Gasteiger partial charge in [0.15, 0.2) is 11.6 Å². The van der Waals surface area contributed by atoms with Gasteiger partial charge in [-0.2, -0.15) is 9.97 Å². The van der Waals surface area contributed by atoms with Gasteiger partial charge in [0, 0.05) is 5.69 Å². The van der Waals surface area contributed by atoms with Gasteiger partial charge in [-0.3, -0.25) is 0 Å². The average Bonchev–Trinajstić information content (AvgIpc) is 2.53. The fourth-order valence-corrected chi connectivity index (χ4v) is 2.35. The number of carboxylic acid groups (broad SMARTS) is 1. The number of benzene rings is 1. The SMILES string of the molecule is CC1Nc2nc(N)nc(N)c2N=C1CNc1ccc(C(=O)O)cc1. The van der Waals surface area contributed by atoms with E-state index in [9.17, 15) is 4.79 Å². The van der Waals surface area contributed by atoms with E-state index in [1.807, 2.05) is 6.92 Å². The molecule has 0 radical (unpaired) electrons. The van der Waals surface area contributed by atoms with E-state index in [-0.39, 0.29) is 23.4 Å². The van der Waals surface area contributed by atoms with Crippen molar-refractivity contribution in [2.45, 2.75) is 13.0 Å². The summed E-state index contributed by atoms with van der Waals surface area (Å²) < 4.78 is 0. The lowest BCUT2D eigenvalue weighted by Gasteiger charge is -2.24. The van der Waals surface area contributed by atoms with Gasteiger partial charge in [0.25, 0.3) is 0 Å². The molecule has 0 amide bonds. The van der Waals surface area contributed by atoms with Crippen molar-refractivity contribution in [2.75, 3.05) is 28.6 Å². The molecule has 0 spiro atoms. The smallest absolute Gasteiger partial charge is 0.335 e. The number of aliphatic imine (C=N–C) groups is 1. The van der Waals surface area contributed by atoms with Gasteiger partial charge in [-0.1, -0.05) is 0 Å². The molecular weight excluding hydrogens is 310 g/mol. The molecule has 1 aromatic carbocycles. The Balaban J connectivity index is 1.77. The number of nitrogens with one attached hydrogen (secondary N) is 2. The highest BCUT2D eigenvalue weighted by molar-refractivity contribution is 6.01. The summed E-state index contributed by atoms with van der Waals surface area (Å²) in [7, 11) is 0. The van der Waals surface area contributed by atoms with Crippen LogP contribution in [-0.2, 0) is 0 Å². The van der Waals surface area contributed by atoms with Crippen LogP contribution in [0.5, 0.6) is 0 Å². The molecule has 0 saturated heterocycles. The number of nitrogen functional groups attached to an aromatic ring is 2. The number of fused-ring (bicyclic) bond motifs is 1. The molecule has 1 aliphatic rings. The van der Waals surface area contributed by atoms with Crippen LogP contribution in [0.1, 0.15) is 17.3 Å². The third-order valence-corrected chi connectivity index (χ3v) is 3.64. The van der Waals surface area contributed by atoms with Gasteiger partial charge in [0.2, 0.25) is 5.95 Å². The zero-order valence-electron chi connectivity index (χ0n) is 12.9. The third kappa shape index (κ3) is 3.05. The number of rotatable bonds is 4. The summed E-state index contributed by atoms with van der Waals surface area (Å²) in [6.07, 6.45) is 0. The van der Waals surface area contributed by atoms with Crippen LogP contribution < -0.4 is 22.1 Å². The zero-order chi connectivity index (χ0) is 17.3. The van der Waals surface area contributed by atoms with Gasteiger partial charge in [-0.15, -0.1) is 0 Å². The maximum Gasteiger partial charge on any atom is 0.335 e. The minimum atomic E-state index is -0.956. The first-order chi connectivity index (χ1) is 11.4. The number of carboxylic acids is 1. The van der Waals surface area contributed by atoms with Crippen molar-refractivity contribution in [3.63, 3.8) is 0 Å². The lowest BCUT2D eigenvalue weighted by Crippen LogP contribution is -2.34. The summed E-state index contributed by atoms with van der Waals surface area (Å²) in [4.78, 5) is 23.4. The van der Waals surface area contributed by atoms with Crippen molar-refractivity contribution in [3.8, 4) is 0 Å². The van der Waals surface area contributed by atoms with E-state index in [1.165, 1.54) is 0 Å². The summed E-state index contributed by atoms with van der Waals surface area (Å²) >= 11 is 0. The van der Waals surface area contributed by atoms with Crippen LogP contribution in [0.4, 0.5) is 29.0 Å². The van der Waals surface area contributed by atoms with Gasteiger partial charge in [-0.05, 0) is 31.2 Å². The van der Waals surface area contributed by atoms with Crippen LogP contribution in [0.2, 0.25) is 0 Å². The quantitative estimate of drug-likeness (QED) is 0.564. The lowest BCUT2D eigenvalue weighted by atomic mass is 10.1. The van der Waals surface area contributed by atoms with Crippen LogP contribution in [0, 0.1) is 0 Å². The Bertz CT molecular complexity index is 817. The number of aromatic nitrogens is 2. The van der Waals surface area contributed by atoms with Crippen LogP contribution in [0.3, 0.4) is 0 Å². The second kappa shape index (κ2) is 6.03. The monoisotopic (exact) mass is 327 g/mol. The maximum absolute atomic E-state index is 10.9. The molecule has 7 N–H and O–H groups in total. The van der Waals surface area contributed by atoms with Crippen LogP contribution in [0.15, 0.2) is 29.3 Å². The van der Waals surface area contributed by atoms with E-state index >= 15 is 0 Å². The number of carbonyl (C=O) groups is 1. The summed E-state index contributed by atoms with van der Waals surface area (Å²) in [5, 5.41) is 15.3. The molecule has 0 saturated carbocycles. The van der Waals surface area contributed by atoms with Gasteiger partial charge in [-0.25, -0.2) is 9.79 Å².